The molecule has 0 spiro atoms. The lowest BCUT2D eigenvalue weighted by molar-refractivity contribution is -0.137. The summed E-state index contributed by atoms with van der Waals surface area (Å²) < 4.78 is 22.8. The van der Waals surface area contributed by atoms with E-state index in [2.05, 4.69) is 38.4 Å². The van der Waals surface area contributed by atoms with Gasteiger partial charge in [0.05, 0.1) is 18.7 Å². The Morgan fingerprint density at radius 2 is 1.78 bits per heavy atom. The van der Waals surface area contributed by atoms with Crippen LogP contribution in [0.25, 0.3) is 0 Å². The summed E-state index contributed by atoms with van der Waals surface area (Å²) in [4.78, 5) is 26.5. The summed E-state index contributed by atoms with van der Waals surface area (Å²) in [6.45, 7) is 3.76. The van der Waals surface area contributed by atoms with Crippen LogP contribution < -0.4 is 4.90 Å². The third kappa shape index (κ3) is 3.12. The van der Waals surface area contributed by atoms with Crippen molar-refractivity contribution in [1.82, 2.24) is 0 Å². The third-order valence-corrected chi connectivity index (χ3v) is 5.75. The van der Waals surface area contributed by atoms with Crippen LogP contribution in [0.1, 0.15) is 17.0 Å². The predicted octanol–water partition coefficient (Wildman–Crippen LogP) is 4.87. The fraction of sp³-hybridized carbons (Fsp3) is 0.200. The minimum absolute atomic E-state index is 0.128. The largest absolute Gasteiger partial charge is 0.466 e. The summed E-state index contributed by atoms with van der Waals surface area (Å²) in [6.07, 6.45) is 0. The number of rotatable bonds is 4. The molecule has 1 aliphatic heterocycles. The van der Waals surface area contributed by atoms with Crippen molar-refractivity contribution in [3.05, 3.63) is 74.7 Å². The molecule has 0 bridgehead atoms. The molecule has 2 atom stereocenters. The lowest BCUT2D eigenvalue weighted by Crippen LogP contribution is -2.41. The van der Waals surface area contributed by atoms with Crippen molar-refractivity contribution >= 4 is 49.4 Å². The number of carbonyl (C=O) groups is 2. The van der Waals surface area contributed by atoms with E-state index in [1.807, 2.05) is 0 Å². The van der Waals surface area contributed by atoms with Crippen molar-refractivity contribution in [2.24, 2.45) is 0 Å². The molecule has 0 aromatic heterocycles. The zero-order valence-electron chi connectivity index (χ0n) is 14.6. The molecule has 140 valence electrons. The van der Waals surface area contributed by atoms with Crippen LogP contribution in [0.15, 0.2) is 63.6 Å². The number of fused-ring (bicyclic) bond motifs is 1. The predicted molar refractivity (Wildman–Crippen MR) is 108 cm³/mol. The number of nitrogens with zero attached hydrogens (tertiary/aromatic N) is 1. The fourth-order valence-electron chi connectivity index (χ4n) is 3.41. The number of methoxy groups -OCH3 is 1. The molecular weight excluding hydrogens is 481 g/mol. The highest BCUT2D eigenvalue weighted by Gasteiger charge is 2.58. The van der Waals surface area contributed by atoms with Gasteiger partial charge in [0, 0.05) is 27.1 Å². The number of hydrogen-bond donors (Lipinski definition) is 0. The second-order valence-electron chi connectivity index (χ2n) is 6.24. The number of anilines is 1. The second kappa shape index (κ2) is 7.20. The average Bonchev–Trinajstić information content (AvgIpc) is 2.84. The number of amides is 1. The van der Waals surface area contributed by atoms with Crippen LogP contribution in [0.5, 0.6) is 0 Å². The Labute approximate surface area is 173 Å². The number of alkyl halides is 1. The molecule has 0 saturated carbocycles. The quantitative estimate of drug-likeness (QED) is 0.448. The van der Waals surface area contributed by atoms with Gasteiger partial charge in [0.2, 0.25) is 5.67 Å². The van der Waals surface area contributed by atoms with Gasteiger partial charge in [-0.15, -0.1) is 0 Å². The number of hydrogen-bond acceptors (Lipinski definition) is 3. The molecule has 0 radical (unpaired) electrons. The Morgan fingerprint density at radius 1 is 1.19 bits per heavy atom. The van der Waals surface area contributed by atoms with E-state index in [-0.39, 0.29) is 11.1 Å². The normalized spacial score (nSPS) is 19.6. The number of ether oxygens (including phenoxy) is 1. The molecule has 2 aromatic carbocycles. The van der Waals surface area contributed by atoms with E-state index in [0.717, 1.165) is 4.47 Å². The first-order valence-electron chi connectivity index (χ1n) is 8.01. The first-order valence-corrected chi connectivity index (χ1v) is 9.60. The average molecular weight is 497 g/mol. The maximum Gasteiger partial charge on any atom is 0.333 e. The highest BCUT2D eigenvalue weighted by molar-refractivity contribution is 9.10. The summed E-state index contributed by atoms with van der Waals surface area (Å²) in [6, 6.07) is 11.7. The van der Waals surface area contributed by atoms with Crippen molar-refractivity contribution in [2.45, 2.75) is 11.6 Å². The summed E-state index contributed by atoms with van der Waals surface area (Å²) in [5.41, 5.74) is -1.54. The van der Waals surface area contributed by atoms with E-state index in [4.69, 9.17) is 4.74 Å². The Bertz CT molecular complexity index is 945. The maximum atomic E-state index is 16.6. The molecule has 0 N–H and O–H groups in total. The Balaban J connectivity index is 2.27. The van der Waals surface area contributed by atoms with E-state index < -0.39 is 23.5 Å². The van der Waals surface area contributed by atoms with Gasteiger partial charge in [-0.25, -0.2) is 9.18 Å². The number of esters is 1. The van der Waals surface area contributed by atoms with Crippen LogP contribution in [-0.4, -0.2) is 26.0 Å². The Kier molecular flexibility index (Phi) is 5.27. The van der Waals surface area contributed by atoms with Gasteiger partial charge in [0.15, 0.2) is 0 Å². The van der Waals surface area contributed by atoms with Gasteiger partial charge in [0.1, 0.15) is 0 Å². The van der Waals surface area contributed by atoms with Crippen molar-refractivity contribution < 1.29 is 18.7 Å². The zero-order chi connectivity index (χ0) is 19.9. The minimum Gasteiger partial charge on any atom is -0.466 e. The minimum atomic E-state index is -2.49. The Morgan fingerprint density at radius 3 is 2.37 bits per heavy atom. The first-order chi connectivity index (χ1) is 12.7. The fourth-order valence-corrected chi connectivity index (χ4v) is 4.04. The highest BCUT2D eigenvalue weighted by Crippen LogP contribution is 2.53. The topological polar surface area (TPSA) is 46.6 Å². The highest BCUT2D eigenvalue weighted by atomic mass is 79.9. The summed E-state index contributed by atoms with van der Waals surface area (Å²) >= 11 is 6.67. The van der Waals surface area contributed by atoms with Crippen LogP contribution in [0, 0.1) is 0 Å². The van der Waals surface area contributed by atoms with Crippen LogP contribution >= 0.6 is 31.9 Å². The lowest BCUT2D eigenvalue weighted by atomic mass is 9.75. The number of likely N-dealkylation sites (N-methyl/N-ethyl adjacent to an activating group) is 1. The van der Waals surface area contributed by atoms with Crippen LogP contribution in [0.3, 0.4) is 0 Å². The molecule has 7 heteroatoms. The van der Waals surface area contributed by atoms with Crippen molar-refractivity contribution in [3.8, 4) is 0 Å². The monoisotopic (exact) mass is 495 g/mol. The van der Waals surface area contributed by atoms with Gasteiger partial charge >= 0.3 is 5.97 Å². The molecule has 0 fully saturated rings. The van der Waals surface area contributed by atoms with Gasteiger partial charge in [0.25, 0.3) is 5.91 Å². The molecular formula is C20H16Br2FNO3. The van der Waals surface area contributed by atoms with Crippen LogP contribution in [-0.2, 0) is 20.0 Å². The smallest absolute Gasteiger partial charge is 0.333 e. The van der Waals surface area contributed by atoms with Gasteiger partial charge in [-0.1, -0.05) is 50.6 Å². The van der Waals surface area contributed by atoms with Gasteiger partial charge < -0.3 is 9.64 Å². The lowest BCUT2D eigenvalue weighted by Gasteiger charge is -2.30. The van der Waals surface area contributed by atoms with E-state index in [1.54, 1.807) is 42.5 Å². The number of halogens is 3. The standard InChI is InChI=1S/C20H16Br2FNO3/c1-11(18(25)27-3)17(12-4-6-13(21)7-5-12)20(23)15-10-14(22)8-9-16(15)24(2)19(20)26/h4-10,17H,1H2,2-3H3/t17-,20-/m0/s1. The maximum absolute atomic E-state index is 16.6. The summed E-state index contributed by atoms with van der Waals surface area (Å²) in [5.74, 6) is -2.75. The molecule has 2 aromatic rings. The van der Waals surface area contributed by atoms with Gasteiger partial charge in [-0.3, -0.25) is 4.79 Å². The van der Waals surface area contributed by atoms with E-state index in [0.29, 0.717) is 15.7 Å². The summed E-state index contributed by atoms with van der Waals surface area (Å²) in [7, 11) is 2.71. The SMILES string of the molecule is C=C(C(=O)OC)[C@@H](c1ccc(Br)cc1)[C@]1(F)C(=O)N(C)c2ccc(Br)cc21. The molecule has 0 aliphatic carbocycles. The molecule has 0 unspecified atom stereocenters. The molecule has 27 heavy (non-hydrogen) atoms. The number of benzene rings is 2. The number of carbonyl (C=O) groups excluding carboxylic acids is 2. The van der Waals surface area contributed by atoms with Crippen LogP contribution in [0.2, 0.25) is 0 Å². The van der Waals surface area contributed by atoms with E-state index >= 15 is 4.39 Å². The van der Waals surface area contributed by atoms with E-state index in [9.17, 15) is 9.59 Å². The molecule has 3 rings (SSSR count). The Hall–Kier alpha value is -1.99. The molecule has 0 saturated heterocycles. The molecule has 1 heterocycles. The molecule has 1 aliphatic rings. The molecule has 1 amide bonds. The van der Waals surface area contributed by atoms with Gasteiger partial charge in [-0.2, -0.15) is 0 Å². The first kappa shape index (κ1) is 19.8. The van der Waals surface area contributed by atoms with Crippen LogP contribution in [0.4, 0.5) is 10.1 Å². The van der Waals surface area contributed by atoms with E-state index in [1.165, 1.54) is 19.1 Å². The van der Waals surface area contributed by atoms with Crippen molar-refractivity contribution in [3.63, 3.8) is 0 Å². The third-order valence-electron chi connectivity index (χ3n) is 4.72. The summed E-state index contributed by atoms with van der Waals surface area (Å²) in [5, 5.41) is 0. The van der Waals surface area contributed by atoms with Crippen molar-refractivity contribution in [2.75, 3.05) is 19.1 Å². The zero-order valence-corrected chi connectivity index (χ0v) is 17.8. The second-order valence-corrected chi connectivity index (χ2v) is 8.07. The van der Waals surface area contributed by atoms with Gasteiger partial charge in [-0.05, 0) is 35.9 Å². The van der Waals surface area contributed by atoms with Crippen molar-refractivity contribution in [1.29, 1.82) is 0 Å². The molecule has 4 nitrogen and oxygen atoms in total.